The number of nitrogens with zero attached hydrogens (tertiary/aromatic N) is 5. The minimum atomic E-state index is -2.83. The van der Waals surface area contributed by atoms with E-state index in [9.17, 15) is 8.78 Å². The predicted molar refractivity (Wildman–Crippen MR) is 139 cm³/mol. The van der Waals surface area contributed by atoms with Gasteiger partial charge in [-0.3, -0.25) is 9.88 Å². The molecule has 8 nitrogen and oxygen atoms in total. The molecule has 0 spiro atoms. The maximum Gasteiger partial charge on any atom is 0.345 e. The van der Waals surface area contributed by atoms with Crippen LogP contribution in [0.3, 0.4) is 0 Å². The Kier molecular flexibility index (Phi) is 8.39. The van der Waals surface area contributed by atoms with Crippen molar-refractivity contribution in [1.29, 1.82) is 0 Å². The third kappa shape index (κ3) is 5.31. The number of hydrogen-bond donors (Lipinski definition) is 0. The van der Waals surface area contributed by atoms with Crippen LogP contribution in [0.15, 0.2) is 22.9 Å². The van der Waals surface area contributed by atoms with E-state index in [-0.39, 0.29) is 12.6 Å². The molecule has 10 heteroatoms. The summed E-state index contributed by atoms with van der Waals surface area (Å²) >= 11 is 0. The minimum absolute atomic E-state index is 0.131. The largest absolute Gasteiger partial charge is 0.496 e. The number of imidazole rings is 1. The van der Waals surface area contributed by atoms with Gasteiger partial charge in [0.1, 0.15) is 22.9 Å². The van der Waals surface area contributed by atoms with Crippen LogP contribution in [-0.2, 0) is 11.3 Å². The molecule has 0 N–H and O–H groups in total. The fraction of sp³-hybridized carbons (Fsp3) is 0.519. The molecule has 37 heavy (non-hydrogen) atoms. The molecule has 4 aromatic rings. The molecule has 1 aliphatic rings. The van der Waals surface area contributed by atoms with Gasteiger partial charge in [-0.05, 0) is 58.8 Å². The molecule has 0 saturated carbocycles. The van der Waals surface area contributed by atoms with Gasteiger partial charge in [0.2, 0.25) is 0 Å². The summed E-state index contributed by atoms with van der Waals surface area (Å²) in [5.41, 5.74) is 4.75. The van der Waals surface area contributed by atoms with Gasteiger partial charge < -0.3 is 18.6 Å². The number of methoxy groups -OCH3 is 1. The zero-order valence-electron chi connectivity index (χ0n) is 22.3. The highest BCUT2D eigenvalue weighted by atomic mass is 19.3. The summed E-state index contributed by atoms with van der Waals surface area (Å²) in [6, 6.07) is 3.54. The standard InChI is InChI=1S/C25H29F2N5O3.C2H6/c1-14(13-34-25(26)27)32-22(12-31-7-5-6-8-31)29-20-11-28-19-9-18(23-15(2)30-35-16(23)3)21(33-4)10-17(19)24(20)32;1-2/h9-11,14,25H,5-8,12-13H2,1-4H3;1-2H3. The molecule has 0 amide bonds. The number of benzene rings is 1. The first kappa shape index (κ1) is 26.9. The van der Waals surface area contributed by atoms with E-state index in [1.807, 2.05) is 51.3 Å². The van der Waals surface area contributed by atoms with Gasteiger partial charge in [0, 0.05) is 10.9 Å². The summed E-state index contributed by atoms with van der Waals surface area (Å²) in [5, 5.41) is 4.91. The van der Waals surface area contributed by atoms with Gasteiger partial charge in [0.05, 0.1) is 54.8 Å². The number of alkyl halides is 2. The molecule has 1 aliphatic heterocycles. The van der Waals surface area contributed by atoms with Crippen molar-refractivity contribution in [3.8, 4) is 16.9 Å². The molecule has 1 aromatic carbocycles. The van der Waals surface area contributed by atoms with Crippen LogP contribution in [-0.4, -0.2) is 58.0 Å². The summed E-state index contributed by atoms with van der Waals surface area (Å²) in [6.45, 7) is 9.30. The van der Waals surface area contributed by atoms with Crippen molar-refractivity contribution >= 4 is 21.9 Å². The van der Waals surface area contributed by atoms with E-state index >= 15 is 0 Å². The van der Waals surface area contributed by atoms with Gasteiger partial charge in [0.25, 0.3) is 0 Å². The quantitative estimate of drug-likeness (QED) is 0.273. The van der Waals surface area contributed by atoms with E-state index in [0.29, 0.717) is 23.6 Å². The number of aromatic nitrogens is 4. The van der Waals surface area contributed by atoms with E-state index < -0.39 is 6.61 Å². The Labute approximate surface area is 215 Å². The van der Waals surface area contributed by atoms with E-state index in [1.54, 1.807) is 13.3 Å². The monoisotopic (exact) mass is 515 g/mol. The van der Waals surface area contributed by atoms with Gasteiger partial charge in [-0.1, -0.05) is 19.0 Å². The SMILES string of the molecule is CC.COc1cc2c(cc1-c1c(C)noc1C)ncc1nc(CN3CCCC3)n(C(C)COC(F)F)c12. The van der Waals surface area contributed by atoms with Crippen LogP contribution >= 0.6 is 0 Å². The Morgan fingerprint density at radius 3 is 2.46 bits per heavy atom. The third-order valence-electron chi connectivity index (χ3n) is 6.68. The zero-order chi connectivity index (χ0) is 26.7. The van der Waals surface area contributed by atoms with Crippen molar-refractivity contribution in [3.05, 3.63) is 35.6 Å². The lowest BCUT2D eigenvalue weighted by atomic mass is 10.0. The second kappa shape index (κ2) is 11.5. The number of rotatable bonds is 8. The van der Waals surface area contributed by atoms with E-state index in [1.165, 1.54) is 0 Å². The maximum absolute atomic E-state index is 12.9. The molecule has 1 fully saturated rings. The number of pyridine rings is 1. The number of fused-ring (bicyclic) bond motifs is 3. The molecule has 0 radical (unpaired) electrons. The second-order valence-electron chi connectivity index (χ2n) is 9.09. The topological polar surface area (TPSA) is 78.4 Å². The molecule has 0 aliphatic carbocycles. The van der Waals surface area contributed by atoms with Crippen molar-refractivity contribution in [2.24, 2.45) is 0 Å². The van der Waals surface area contributed by atoms with E-state index in [2.05, 4.69) is 15.0 Å². The molecule has 4 heterocycles. The Hall–Kier alpha value is -3.11. The molecule has 1 saturated heterocycles. The average Bonchev–Trinajstić information content (AvgIpc) is 3.62. The molecule has 0 bridgehead atoms. The van der Waals surface area contributed by atoms with Crippen LogP contribution in [0.5, 0.6) is 5.75 Å². The molecule has 5 rings (SSSR count). The highest BCUT2D eigenvalue weighted by molar-refractivity contribution is 6.05. The summed E-state index contributed by atoms with van der Waals surface area (Å²) in [4.78, 5) is 11.9. The first-order valence-electron chi connectivity index (χ1n) is 12.8. The van der Waals surface area contributed by atoms with Crippen LogP contribution in [0.25, 0.3) is 33.1 Å². The molecular weight excluding hydrogens is 480 g/mol. The summed E-state index contributed by atoms with van der Waals surface area (Å²) in [7, 11) is 1.62. The second-order valence-corrected chi connectivity index (χ2v) is 9.09. The van der Waals surface area contributed by atoms with Crippen LogP contribution in [0, 0.1) is 13.8 Å². The van der Waals surface area contributed by atoms with E-state index in [4.69, 9.17) is 19.0 Å². The van der Waals surface area contributed by atoms with Crippen molar-refractivity contribution < 1.29 is 22.8 Å². The van der Waals surface area contributed by atoms with Crippen LogP contribution < -0.4 is 4.74 Å². The number of halogens is 2. The Morgan fingerprint density at radius 1 is 1.11 bits per heavy atom. The minimum Gasteiger partial charge on any atom is -0.496 e. The van der Waals surface area contributed by atoms with Crippen molar-refractivity contribution in [3.63, 3.8) is 0 Å². The first-order valence-corrected chi connectivity index (χ1v) is 12.8. The molecule has 3 aromatic heterocycles. The lowest BCUT2D eigenvalue weighted by Crippen LogP contribution is -2.24. The maximum atomic E-state index is 12.9. The average molecular weight is 516 g/mol. The van der Waals surface area contributed by atoms with Crippen molar-refractivity contribution in [2.75, 3.05) is 26.8 Å². The molecule has 1 unspecified atom stereocenters. The van der Waals surface area contributed by atoms with Crippen LogP contribution in [0.1, 0.15) is 56.9 Å². The van der Waals surface area contributed by atoms with Crippen LogP contribution in [0.4, 0.5) is 8.78 Å². The lowest BCUT2D eigenvalue weighted by Gasteiger charge is -2.21. The lowest BCUT2D eigenvalue weighted by molar-refractivity contribution is -0.135. The number of aryl methyl sites for hydroxylation is 2. The fourth-order valence-electron chi connectivity index (χ4n) is 5.10. The molecule has 200 valence electrons. The van der Waals surface area contributed by atoms with Crippen LogP contribution in [0.2, 0.25) is 0 Å². The number of hydrogen-bond acceptors (Lipinski definition) is 7. The third-order valence-corrected chi connectivity index (χ3v) is 6.68. The zero-order valence-corrected chi connectivity index (χ0v) is 22.3. The highest BCUT2D eigenvalue weighted by Crippen LogP contribution is 2.39. The Bertz CT molecular complexity index is 1340. The Balaban J connectivity index is 0.00000156. The van der Waals surface area contributed by atoms with Crippen molar-refractivity contribution in [2.45, 2.75) is 66.7 Å². The van der Waals surface area contributed by atoms with Gasteiger partial charge in [-0.15, -0.1) is 0 Å². The number of likely N-dealkylation sites (tertiary alicyclic amines) is 1. The first-order chi connectivity index (χ1) is 17.9. The van der Waals surface area contributed by atoms with Gasteiger partial charge in [-0.2, -0.15) is 8.78 Å². The van der Waals surface area contributed by atoms with Gasteiger partial charge in [-0.25, -0.2) is 4.98 Å². The summed E-state index contributed by atoms with van der Waals surface area (Å²) in [5.74, 6) is 2.15. The molecular formula is C27H35F2N5O3. The number of ether oxygens (including phenoxy) is 2. The Morgan fingerprint density at radius 2 is 1.84 bits per heavy atom. The van der Waals surface area contributed by atoms with Gasteiger partial charge >= 0.3 is 6.61 Å². The predicted octanol–water partition coefficient (Wildman–Crippen LogP) is 6.29. The molecule has 1 atom stereocenters. The summed E-state index contributed by atoms with van der Waals surface area (Å²) in [6.07, 6.45) is 4.04. The van der Waals surface area contributed by atoms with E-state index in [0.717, 1.165) is 65.0 Å². The summed E-state index contributed by atoms with van der Waals surface area (Å²) < 4.78 is 43.6. The van der Waals surface area contributed by atoms with Gasteiger partial charge in [0.15, 0.2) is 0 Å². The smallest absolute Gasteiger partial charge is 0.345 e. The normalized spacial score (nSPS) is 14.9. The van der Waals surface area contributed by atoms with Crippen molar-refractivity contribution in [1.82, 2.24) is 24.6 Å². The fourth-order valence-corrected chi connectivity index (χ4v) is 5.10. The highest BCUT2D eigenvalue weighted by Gasteiger charge is 2.24.